The van der Waals surface area contributed by atoms with Crippen molar-refractivity contribution in [3.8, 4) is 0 Å². The zero-order valence-electron chi connectivity index (χ0n) is 10.1. The minimum absolute atomic E-state index is 0.00981. The smallest absolute Gasteiger partial charge is 0.153 e. The molecule has 94 valence electrons. The fourth-order valence-electron chi connectivity index (χ4n) is 3.57. The van der Waals surface area contributed by atoms with Crippen LogP contribution in [0.15, 0.2) is 0 Å². The highest BCUT2D eigenvalue weighted by molar-refractivity contribution is 7.91. The van der Waals surface area contributed by atoms with Gasteiger partial charge in [-0.15, -0.1) is 0 Å². The van der Waals surface area contributed by atoms with Crippen molar-refractivity contribution in [3.63, 3.8) is 0 Å². The third kappa shape index (κ3) is 2.43. The van der Waals surface area contributed by atoms with Crippen molar-refractivity contribution in [3.05, 3.63) is 0 Å². The maximum absolute atomic E-state index is 11.5. The summed E-state index contributed by atoms with van der Waals surface area (Å²) in [4.78, 5) is 0. The van der Waals surface area contributed by atoms with Crippen molar-refractivity contribution in [1.82, 2.24) is 0 Å². The summed E-state index contributed by atoms with van der Waals surface area (Å²) in [5, 5.41) is 10.5. The quantitative estimate of drug-likeness (QED) is 0.764. The average Bonchev–Trinajstić information content (AvgIpc) is 2.40. The van der Waals surface area contributed by atoms with Gasteiger partial charge in [0.05, 0.1) is 17.1 Å². The third-order valence-electron chi connectivity index (χ3n) is 4.25. The molecule has 1 heterocycles. The summed E-state index contributed by atoms with van der Waals surface area (Å²) >= 11 is 0. The number of sulfone groups is 1. The summed E-state index contributed by atoms with van der Waals surface area (Å²) in [5.74, 6) is 1.57. The number of hydrogen-bond acceptors (Lipinski definition) is 3. The zero-order chi connectivity index (χ0) is 12.0. The second-order valence-corrected chi connectivity index (χ2v) is 8.24. The van der Waals surface area contributed by atoms with E-state index in [-0.39, 0.29) is 17.4 Å². The molecule has 0 aromatic carbocycles. The molecule has 3 nitrogen and oxygen atoms in total. The second kappa shape index (κ2) is 3.98. The second-order valence-electron chi connectivity index (χ2n) is 6.06. The molecule has 0 aromatic rings. The molecule has 1 aliphatic heterocycles. The van der Waals surface area contributed by atoms with E-state index in [1.54, 1.807) is 0 Å². The molecule has 4 heteroatoms. The predicted octanol–water partition coefficient (Wildman–Crippen LogP) is 1.61. The van der Waals surface area contributed by atoms with Crippen LogP contribution in [-0.2, 0) is 9.84 Å². The lowest BCUT2D eigenvalue weighted by atomic mass is 9.69. The largest absolute Gasteiger partial charge is 0.389 e. The number of aliphatic hydroxyl groups is 1. The van der Waals surface area contributed by atoms with Gasteiger partial charge >= 0.3 is 0 Å². The molecule has 3 atom stereocenters. The highest BCUT2D eigenvalue weighted by Crippen LogP contribution is 2.43. The van der Waals surface area contributed by atoms with E-state index in [4.69, 9.17) is 0 Å². The van der Waals surface area contributed by atoms with E-state index >= 15 is 0 Å². The monoisotopic (exact) mass is 246 g/mol. The Kier molecular flexibility index (Phi) is 3.08. The Morgan fingerprint density at radius 3 is 2.12 bits per heavy atom. The van der Waals surface area contributed by atoms with Crippen LogP contribution < -0.4 is 0 Å². The van der Waals surface area contributed by atoms with Gasteiger partial charge in [-0.3, -0.25) is 0 Å². The van der Waals surface area contributed by atoms with Crippen LogP contribution in [0.1, 0.15) is 39.5 Å². The van der Waals surface area contributed by atoms with Gasteiger partial charge in [0.1, 0.15) is 0 Å². The van der Waals surface area contributed by atoms with Crippen LogP contribution in [0.5, 0.6) is 0 Å². The van der Waals surface area contributed by atoms with E-state index in [2.05, 4.69) is 13.8 Å². The molecular formula is C12H22O3S. The van der Waals surface area contributed by atoms with E-state index in [9.17, 15) is 13.5 Å². The number of rotatable bonds is 1. The molecule has 0 aromatic heterocycles. The lowest BCUT2D eigenvalue weighted by Crippen LogP contribution is -2.42. The van der Waals surface area contributed by atoms with Crippen molar-refractivity contribution in [2.75, 3.05) is 11.5 Å². The molecule has 1 saturated carbocycles. The highest BCUT2D eigenvalue weighted by Gasteiger charge is 2.47. The van der Waals surface area contributed by atoms with Crippen LogP contribution in [0.25, 0.3) is 0 Å². The third-order valence-corrected chi connectivity index (χ3v) is 6.02. The lowest BCUT2D eigenvalue weighted by molar-refractivity contribution is -0.0272. The maximum atomic E-state index is 11.5. The molecule has 0 bridgehead atoms. The van der Waals surface area contributed by atoms with Crippen molar-refractivity contribution in [2.45, 2.75) is 45.1 Å². The van der Waals surface area contributed by atoms with Gasteiger partial charge in [-0.05, 0) is 43.4 Å². The Hall–Kier alpha value is -0.0900. The van der Waals surface area contributed by atoms with E-state index in [0.717, 1.165) is 12.8 Å². The summed E-state index contributed by atoms with van der Waals surface area (Å²) in [6.07, 6.45) is 3.62. The first-order valence-corrected chi connectivity index (χ1v) is 8.06. The molecule has 1 saturated heterocycles. The van der Waals surface area contributed by atoms with Gasteiger partial charge in [0.2, 0.25) is 0 Å². The van der Waals surface area contributed by atoms with Crippen LogP contribution in [0.2, 0.25) is 0 Å². The summed E-state index contributed by atoms with van der Waals surface area (Å²) < 4.78 is 23.0. The van der Waals surface area contributed by atoms with Crippen molar-refractivity contribution < 1.29 is 13.5 Å². The van der Waals surface area contributed by atoms with Crippen LogP contribution in [0.3, 0.4) is 0 Å². The Balaban J connectivity index is 2.12. The van der Waals surface area contributed by atoms with Crippen LogP contribution in [-0.4, -0.2) is 30.6 Å². The Bertz CT molecular complexity index is 352. The molecule has 16 heavy (non-hydrogen) atoms. The van der Waals surface area contributed by atoms with Gasteiger partial charge in [0.15, 0.2) is 9.84 Å². The summed E-state index contributed by atoms with van der Waals surface area (Å²) in [7, 11) is -2.99. The summed E-state index contributed by atoms with van der Waals surface area (Å²) in [5.41, 5.74) is -0.929. The first-order valence-electron chi connectivity index (χ1n) is 6.23. The van der Waals surface area contributed by atoms with Crippen molar-refractivity contribution in [2.24, 2.45) is 17.8 Å². The Morgan fingerprint density at radius 2 is 1.69 bits per heavy atom. The topological polar surface area (TPSA) is 54.4 Å². The standard InChI is InChI=1S/C12H22O3S/c1-9-5-10(2)7-11(6-9)12(13)3-4-16(14,15)8-12/h9-11,13H,3-8H2,1-2H3. The van der Waals surface area contributed by atoms with Crippen LogP contribution in [0, 0.1) is 17.8 Å². The molecule has 2 aliphatic rings. The van der Waals surface area contributed by atoms with Gasteiger partial charge in [0, 0.05) is 0 Å². The molecule has 0 radical (unpaired) electrons. The molecule has 2 rings (SSSR count). The Morgan fingerprint density at radius 1 is 1.12 bits per heavy atom. The van der Waals surface area contributed by atoms with Gasteiger partial charge in [-0.1, -0.05) is 13.8 Å². The van der Waals surface area contributed by atoms with Gasteiger partial charge in [-0.2, -0.15) is 0 Å². The molecule has 3 unspecified atom stereocenters. The molecule has 0 spiro atoms. The maximum Gasteiger partial charge on any atom is 0.153 e. The molecular weight excluding hydrogens is 224 g/mol. The van der Waals surface area contributed by atoms with Gasteiger partial charge in [-0.25, -0.2) is 8.42 Å². The van der Waals surface area contributed by atoms with E-state index < -0.39 is 15.4 Å². The first-order chi connectivity index (χ1) is 7.31. The van der Waals surface area contributed by atoms with Crippen LogP contribution in [0.4, 0.5) is 0 Å². The van der Waals surface area contributed by atoms with Crippen LogP contribution >= 0.6 is 0 Å². The molecule has 2 fully saturated rings. The first kappa shape index (κ1) is 12.4. The lowest BCUT2D eigenvalue weighted by Gasteiger charge is -2.39. The fraction of sp³-hybridized carbons (Fsp3) is 1.00. The van der Waals surface area contributed by atoms with Crippen molar-refractivity contribution in [1.29, 1.82) is 0 Å². The molecule has 0 amide bonds. The van der Waals surface area contributed by atoms with Gasteiger partial charge < -0.3 is 5.11 Å². The van der Waals surface area contributed by atoms with E-state index in [1.807, 2.05) is 0 Å². The Labute approximate surface area is 98.2 Å². The molecule has 1 aliphatic carbocycles. The van der Waals surface area contributed by atoms with Crippen molar-refractivity contribution >= 4 is 9.84 Å². The van der Waals surface area contributed by atoms with E-state index in [1.165, 1.54) is 6.42 Å². The fourth-order valence-corrected chi connectivity index (χ4v) is 5.52. The zero-order valence-corrected chi connectivity index (χ0v) is 11.0. The minimum atomic E-state index is -2.99. The highest BCUT2D eigenvalue weighted by atomic mass is 32.2. The average molecular weight is 246 g/mol. The summed E-state index contributed by atoms with van der Waals surface area (Å²) in [6.45, 7) is 4.41. The SMILES string of the molecule is CC1CC(C)CC(C2(O)CCS(=O)(=O)C2)C1. The number of hydrogen-bond donors (Lipinski definition) is 1. The van der Waals surface area contributed by atoms with E-state index in [0.29, 0.717) is 18.3 Å². The normalized spacial score (nSPS) is 48.1. The summed E-state index contributed by atoms with van der Waals surface area (Å²) in [6, 6.07) is 0. The predicted molar refractivity (Wildman–Crippen MR) is 63.9 cm³/mol. The molecule has 1 N–H and O–H groups in total. The minimum Gasteiger partial charge on any atom is -0.389 e. The van der Waals surface area contributed by atoms with Gasteiger partial charge in [0.25, 0.3) is 0 Å².